The topological polar surface area (TPSA) is 35.6 Å². The van der Waals surface area contributed by atoms with E-state index >= 15 is 0 Å². The molecule has 2 rings (SSSR count). The first kappa shape index (κ1) is 13.4. The zero-order chi connectivity index (χ0) is 13.1. The number of nitrogens with zero attached hydrogens (tertiary/aromatic N) is 2. The molecule has 1 fully saturated rings. The molecule has 1 heterocycles. The molecule has 1 aliphatic rings. The Morgan fingerprint density at radius 1 is 1.50 bits per heavy atom. The fraction of sp³-hybridized carbons (Fsp3) is 0.462. The third-order valence-corrected chi connectivity index (χ3v) is 3.79. The van der Waals surface area contributed by atoms with Crippen LogP contribution in [0.3, 0.4) is 0 Å². The summed E-state index contributed by atoms with van der Waals surface area (Å²) in [6.45, 7) is 2.34. The van der Waals surface area contributed by atoms with Gasteiger partial charge in [-0.25, -0.2) is 4.79 Å². The zero-order valence-corrected chi connectivity index (χ0v) is 12.3. The van der Waals surface area contributed by atoms with Gasteiger partial charge in [-0.1, -0.05) is 28.1 Å². The average Bonchev–Trinajstić information content (AvgIpc) is 2.64. The summed E-state index contributed by atoms with van der Waals surface area (Å²) in [5, 5.41) is 3.07. The molecule has 0 saturated carbocycles. The zero-order valence-electron chi connectivity index (χ0n) is 10.7. The maximum Gasteiger partial charge on any atom is 0.320 e. The molecule has 4 nitrogen and oxygen atoms in total. The molecule has 0 bridgehead atoms. The minimum Gasteiger partial charge on any atom is -0.321 e. The van der Waals surface area contributed by atoms with E-state index in [4.69, 9.17) is 0 Å². The number of nitrogens with one attached hydrogen (secondary N) is 1. The van der Waals surface area contributed by atoms with Crippen molar-refractivity contribution >= 4 is 22.0 Å². The van der Waals surface area contributed by atoms with Gasteiger partial charge in [0.05, 0.1) is 6.04 Å². The molecular formula is C13H18BrN3O. The third-order valence-electron chi connectivity index (χ3n) is 3.30. The van der Waals surface area contributed by atoms with Crippen molar-refractivity contribution < 1.29 is 4.79 Å². The standard InChI is InChI=1S/C13H18BrN3O/c1-15-6-7-17-9-12(16(2)13(17)18)10-4-3-5-11(14)8-10/h3-5,8,12,15H,6-7,9H2,1-2H3. The van der Waals surface area contributed by atoms with Crippen LogP contribution in [0.15, 0.2) is 28.7 Å². The van der Waals surface area contributed by atoms with Crippen molar-refractivity contribution in [1.29, 1.82) is 0 Å². The van der Waals surface area contributed by atoms with E-state index in [-0.39, 0.29) is 12.1 Å². The number of likely N-dealkylation sites (N-methyl/N-ethyl adjacent to an activating group) is 2. The Balaban J connectivity index is 2.13. The molecule has 1 atom stereocenters. The minimum absolute atomic E-state index is 0.107. The van der Waals surface area contributed by atoms with Gasteiger partial charge in [-0.05, 0) is 24.7 Å². The van der Waals surface area contributed by atoms with Crippen molar-refractivity contribution in [3.8, 4) is 0 Å². The van der Waals surface area contributed by atoms with Crippen LogP contribution in [0.5, 0.6) is 0 Å². The number of amides is 2. The van der Waals surface area contributed by atoms with Gasteiger partial charge in [-0.15, -0.1) is 0 Å². The Bertz CT molecular complexity index is 438. The first-order valence-electron chi connectivity index (χ1n) is 6.05. The fourth-order valence-electron chi connectivity index (χ4n) is 2.24. The summed E-state index contributed by atoms with van der Waals surface area (Å²) < 4.78 is 1.05. The van der Waals surface area contributed by atoms with Crippen LogP contribution in [0.2, 0.25) is 0 Å². The van der Waals surface area contributed by atoms with Gasteiger partial charge in [0.2, 0.25) is 0 Å². The number of urea groups is 1. The van der Waals surface area contributed by atoms with Gasteiger partial charge in [-0.3, -0.25) is 0 Å². The van der Waals surface area contributed by atoms with Crippen molar-refractivity contribution in [2.75, 3.05) is 33.7 Å². The summed E-state index contributed by atoms with van der Waals surface area (Å²) in [6, 6.07) is 8.41. The summed E-state index contributed by atoms with van der Waals surface area (Å²) in [5.74, 6) is 0. The second-order valence-electron chi connectivity index (χ2n) is 4.51. The van der Waals surface area contributed by atoms with Crippen molar-refractivity contribution in [3.05, 3.63) is 34.3 Å². The maximum absolute atomic E-state index is 12.1. The maximum atomic E-state index is 12.1. The molecular weight excluding hydrogens is 294 g/mol. The normalized spacial score (nSPS) is 19.7. The highest BCUT2D eigenvalue weighted by Gasteiger charge is 2.34. The van der Waals surface area contributed by atoms with Crippen molar-refractivity contribution in [1.82, 2.24) is 15.1 Å². The molecule has 0 aliphatic carbocycles. The summed E-state index contributed by atoms with van der Waals surface area (Å²) in [6.07, 6.45) is 0. The number of rotatable bonds is 4. The molecule has 1 unspecified atom stereocenters. The van der Waals surface area contributed by atoms with E-state index in [1.165, 1.54) is 5.56 Å². The van der Waals surface area contributed by atoms with Crippen LogP contribution in [0.25, 0.3) is 0 Å². The molecule has 1 N–H and O–H groups in total. The van der Waals surface area contributed by atoms with Gasteiger partial charge in [0.25, 0.3) is 0 Å². The molecule has 18 heavy (non-hydrogen) atoms. The van der Waals surface area contributed by atoms with Gasteiger partial charge in [0.15, 0.2) is 0 Å². The molecule has 1 aromatic carbocycles. The quantitative estimate of drug-likeness (QED) is 0.924. The van der Waals surface area contributed by atoms with E-state index in [9.17, 15) is 4.79 Å². The highest BCUT2D eigenvalue weighted by atomic mass is 79.9. The molecule has 2 amide bonds. The van der Waals surface area contributed by atoms with Crippen molar-refractivity contribution in [3.63, 3.8) is 0 Å². The van der Waals surface area contributed by atoms with Crippen molar-refractivity contribution in [2.45, 2.75) is 6.04 Å². The van der Waals surface area contributed by atoms with Crippen LogP contribution < -0.4 is 5.32 Å². The summed E-state index contributed by atoms with van der Waals surface area (Å²) in [5.41, 5.74) is 1.17. The molecule has 1 aliphatic heterocycles. The summed E-state index contributed by atoms with van der Waals surface area (Å²) >= 11 is 3.47. The van der Waals surface area contributed by atoms with E-state index in [1.807, 2.05) is 36.0 Å². The highest BCUT2D eigenvalue weighted by Crippen LogP contribution is 2.29. The number of halogens is 1. The van der Waals surface area contributed by atoms with E-state index in [2.05, 4.69) is 33.4 Å². The van der Waals surface area contributed by atoms with Gasteiger partial charge in [-0.2, -0.15) is 0 Å². The third kappa shape index (κ3) is 2.67. The number of carbonyl (C=O) groups excluding carboxylic acids is 1. The number of carbonyl (C=O) groups is 1. The van der Waals surface area contributed by atoms with Crippen LogP contribution >= 0.6 is 15.9 Å². The van der Waals surface area contributed by atoms with Crippen LogP contribution in [-0.2, 0) is 0 Å². The van der Waals surface area contributed by atoms with Crippen molar-refractivity contribution in [2.24, 2.45) is 0 Å². The molecule has 0 spiro atoms. The van der Waals surface area contributed by atoms with Crippen LogP contribution in [0.1, 0.15) is 11.6 Å². The van der Waals surface area contributed by atoms with E-state index in [0.29, 0.717) is 0 Å². The average molecular weight is 312 g/mol. The lowest BCUT2D eigenvalue weighted by molar-refractivity contribution is 0.196. The minimum atomic E-state index is 0.107. The Labute approximate surface area is 116 Å². The summed E-state index contributed by atoms with van der Waals surface area (Å²) in [7, 11) is 3.77. The van der Waals surface area contributed by atoms with Crippen LogP contribution in [0, 0.1) is 0 Å². The lowest BCUT2D eigenvalue weighted by Gasteiger charge is -2.18. The predicted molar refractivity (Wildman–Crippen MR) is 75.5 cm³/mol. The number of benzene rings is 1. The first-order chi connectivity index (χ1) is 8.63. The monoisotopic (exact) mass is 311 g/mol. The summed E-state index contributed by atoms with van der Waals surface area (Å²) in [4.78, 5) is 15.8. The molecule has 1 saturated heterocycles. The van der Waals surface area contributed by atoms with Crippen LogP contribution in [-0.4, -0.2) is 49.6 Å². The lowest BCUT2D eigenvalue weighted by Crippen LogP contribution is -2.34. The molecule has 98 valence electrons. The van der Waals surface area contributed by atoms with Gasteiger partial charge in [0, 0.05) is 31.2 Å². The fourth-order valence-corrected chi connectivity index (χ4v) is 2.66. The number of hydrogen-bond donors (Lipinski definition) is 1. The molecule has 0 aromatic heterocycles. The Morgan fingerprint density at radius 3 is 2.94 bits per heavy atom. The first-order valence-corrected chi connectivity index (χ1v) is 6.84. The van der Waals surface area contributed by atoms with Crippen LogP contribution in [0.4, 0.5) is 4.79 Å². The SMILES string of the molecule is CNCCN1CC(c2cccc(Br)c2)N(C)C1=O. The number of hydrogen-bond acceptors (Lipinski definition) is 2. The molecule has 1 aromatic rings. The smallest absolute Gasteiger partial charge is 0.320 e. The van der Waals surface area contributed by atoms with E-state index in [1.54, 1.807) is 0 Å². The molecule has 0 radical (unpaired) electrons. The highest BCUT2D eigenvalue weighted by molar-refractivity contribution is 9.10. The van der Waals surface area contributed by atoms with E-state index < -0.39 is 0 Å². The second kappa shape index (κ2) is 5.71. The predicted octanol–water partition coefficient (Wildman–Crippen LogP) is 2.08. The lowest BCUT2D eigenvalue weighted by atomic mass is 10.1. The largest absolute Gasteiger partial charge is 0.321 e. The van der Waals surface area contributed by atoms with E-state index in [0.717, 1.165) is 24.1 Å². The Morgan fingerprint density at radius 2 is 2.28 bits per heavy atom. The second-order valence-corrected chi connectivity index (χ2v) is 5.43. The van der Waals surface area contributed by atoms with Gasteiger partial charge >= 0.3 is 6.03 Å². The van der Waals surface area contributed by atoms with Gasteiger partial charge in [0.1, 0.15) is 0 Å². The Hall–Kier alpha value is -1.07. The molecule has 5 heteroatoms. The Kier molecular flexibility index (Phi) is 4.24. The van der Waals surface area contributed by atoms with Gasteiger partial charge < -0.3 is 15.1 Å².